The molecule has 0 aliphatic carbocycles. The summed E-state index contributed by atoms with van der Waals surface area (Å²) < 4.78 is 6.29. The molecular formula is C13H28O2Si. The summed E-state index contributed by atoms with van der Waals surface area (Å²) in [5.74, 6) is 0. The van der Waals surface area contributed by atoms with E-state index < -0.39 is 8.32 Å². The summed E-state index contributed by atoms with van der Waals surface area (Å²) in [4.78, 5) is 11.0. The van der Waals surface area contributed by atoms with E-state index in [4.69, 9.17) is 4.43 Å². The van der Waals surface area contributed by atoms with Crippen LogP contribution < -0.4 is 0 Å². The van der Waals surface area contributed by atoms with Crippen molar-refractivity contribution < 1.29 is 9.22 Å². The van der Waals surface area contributed by atoms with Gasteiger partial charge in [-0.2, -0.15) is 0 Å². The molecule has 0 radical (unpaired) electrons. The molecular weight excluding hydrogens is 216 g/mol. The van der Waals surface area contributed by atoms with Crippen molar-refractivity contribution in [2.45, 2.75) is 77.6 Å². The van der Waals surface area contributed by atoms with E-state index in [9.17, 15) is 4.79 Å². The Kier molecular flexibility index (Phi) is 6.49. The average Bonchev–Trinajstić information content (AvgIpc) is 2.18. The predicted octanol–water partition coefficient (Wildman–Crippen LogP) is 4.16. The topological polar surface area (TPSA) is 26.3 Å². The van der Waals surface area contributed by atoms with Crippen LogP contribution in [0.4, 0.5) is 0 Å². The van der Waals surface area contributed by atoms with Gasteiger partial charge in [0.25, 0.3) is 0 Å². The monoisotopic (exact) mass is 244 g/mol. The normalized spacial score (nSPS) is 14.9. The SMILES string of the molecule is CCC(C=O)O[Si](C(C)C)(C(C)C)C(C)C. The number of hydrogen-bond acceptors (Lipinski definition) is 2. The minimum Gasteiger partial charge on any atom is -0.406 e. The third kappa shape index (κ3) is 3.17. The van der Waals surface area contributed by atoms with Crippen LogP contribution in [-0.2, 0) is 9.22 Å². The minimum absolute atomic E-state index is 0.209. The zero-order valence-corrected chi connectivity index (χ0v) is 12.9. The predicted molar refractivity (Wildman–Crippen MR) is 72.3 cm³/mol. The van der Waals surface area contributed by atoms with Crippen molar-refractivity contribution in [3.05, 3.63) is 0 Å². The number of hydrogen-bond donors (Lipinski definition) is 0. The molecule has 0 aliphatic rings. The van der Waals surface area contributed by atoms with E-state index in [2.05, 4.69) is 41.5 Å². The van der Waals surface area contributed by atoms with Crippen molar-refractivity contribution in [3.8, 4) is 0 Å². The van der Waals surface area contributed by atoms with Crippen molar-refractivity contribution in [3.63, 3.8) is 0 Å². The standard InChI is InChI=1S/C13H28O2Si/c1-8-13(9-14)15-16(10(2)3,11(4)5)12(6)7/h9-13H,8H2,1-7H3. The summed E-state index contributed by atoms with van der Waals surface area (Å²) in [6.45, 7) is 15.5. The number of carbonyl (C=O) groups is 1. The number of carbonyl (C=O) groups excluding carboxylic acids is 1. The summed E-state index contributed by atoms with van der Waals surface area (Å²) in [5, 5.41) is 0. The Morgan fingerprint density at radius 2 is 1.38 bits per heavy atom. The van der Waals surface area contributed by atoms with Crippen LogP contribution in [0, 0.1) is 0 Å². The highest BCUT2D eigenvalue weighted by Gasteiger charge is 2.46. The molecule has 0 aromatic heterocycles. The van der Waals surface area contributed by atoms with Gasteiger partial charge in [-0.3, -0.25) is 0 Å². The lowest BCUT2D eigenvalue weighted by molar-refractivity contribution is -0.114. The Hall–Kier alpha value is -0.153. The number of aldehydes is 1. The fourth-order valence-electron chi connectivity index (χ4n) is 2.88. The van der Waals surface area contributed by atoms with E-state index in [1.807, 2.05) is 6.92 Å². The maximum absolute atomic E-state index is 11.0. The first-order valence-corrected chi connectivity index (χ1v) is 8.59. The Morgan fingerprint density at radius 1 is 1.00 bits per heavy atom. The maximum atomic E-state index is 11.0. The van der Waals surface area contributed by atoms with Gasteiger partial charge in [0.1, 0.15) is 12.4 Å². The molecule has 0 rings (SSSR count). The highest BCUT2D eigenvalue weighted by Crippen LogP contribution is 2.42. The molecule has 3 heteroatoms. The molecule has 96 valence electrons. The van der Waals surface area contributed by atoms with Crippen LogP contribution in [0.2, 0.25) is 16.6 Å². The summed E-state index contributed by atoms with van der Waals surface area (Å²) in [5.41, 5.74) is 1.63. The van der Waals surface area contributed by atoms with Crippen molar-refractivity contribution in [1.82, 2.24) is 0 Å². The molecule has 0 aliphatic heterocycles. The average molecular weight is 244 g/mol. The lowest BCUT2D eigenvalue weighted by Gasteiger charge is -2.43. The van der Waals surface area contributed by atoms with Gasteiger partial charge in [0.2, 0.25) is 8.32 Å². The third-order valence-electron chi connectivity index (χ3n) is 3.62. The van der Waals surface area contributed by atoms with Gasteiger partial charge < -0.3 is 9.22 Å². The van der Waals surface area contributed by atoms with Gasteiger partial charge in [-0.25, -0.2) is 0 Å². The van der Waals surface area contributed by atoms with Gasteiger partial charge in [-0.1, -0.05) is 48.5 Å². The third-order valence-corrected chi connectivity index (χ3v) is 9.74. The van der Waals surface area contributed by atoms with E-state index in [-0.39, 0.29) is 6.10 Å². The van der Waals surface area contributed by atoms with Gasteiger partial charge in [0, 0.05) is 0 Å². The molecule has 16 heavy (non-hydrogen) atoms. The van der Waals surface area contributed by atoms with E-state index >= 15 is 0 Å². The van der Waals surface area contributed by atoms with Crippen molar-refractivity contribution in [2.24, 2.45) is 0 Å². The summed E-state index contributed by atoms with van der Waals surface area (Å²) in [6.07, 6.45) is 1.54. The number of rotatable bonds is 7. The van der Waals surface area contributed by atoms with Crippen LogP contribution in [0.3, 0.4) is 0 Å². The molecule has 0 saturated heterocycles. The van der Waals surface area contributed by atoms with Crippen LogP contribution in [0.15, 0.2) is 0 Å². The molecule has 0 spiro atoms. The fraction of sp³-hybridized carbons (Fsp3) is 0.923. The van der Waals surface area contributed by atoms with E-state index in [0.29, 0.717) is 16.6 Å². The molecule has 0 bridgehead atoms. The van der Waals surface area contributed by atoms with Gasteiger partial charge in [-0.05, 0) is 23.0 Å². The van der Waals surface area contributed by atoms with Crippen LogP contribution >= 0.6 is 0 Å². The smallest absolute Gasteiger partial charge is 0.201 e. The highest BCUT2D eigenvalue weighted by molar-refractivity contribution is 6.77. The maximum Gasteiger partial charge on any atom is 0.201 e. The largest absolute Gasteiger partial charge is 0.406 e. The molecule has 0 N–H and O–H groups in total. The molecule has 0 amide bonds. The van der Waals surface area contributed by atoms with Crippen molar-refractivity contribution in [2.75, 3.05) is 0 Å². The van der Waals surface area contributed by atoms with E-state index in [1.165, 1.54) is 0 Å². The quantitative estimate of drug-likeness (QED) is 0.496. The summed E-state index contributed by atoms with van der Waals surface area (Å²) >= 11 is 0. The Bertz CT molecular complexity index is 190. The van der Waals surface area contributed by atoms with Gasteiger partial charge in [0.15, 0.2) is 0 Å². The molecule has 2 nitrogen and oxygen atoms in total. The second kappa shape index (κ2) is 6.55. The van der Waals surface area contributed by atoms with Crippen LogP contribution in [0.1, 0.15) is 54.9 Å². The van der Waals surface area contributed by atoms with Gasteiger partial charge in [0.05, 0.1) is 0 Å². The second-order valence-electron chi connectivity index (χ2n) is 5.52. The van der Waals surface area contributed by atoms with Crippen molar-refractivity contribution >= 4 is 14.6 Å². The highest BCUT2D eigenvalue weighted by atomic mass is 28.4. The minimum atomic E-state index is -1.86. The molecule has 0 fully saturated rings. The fourth-order valence-corrected chi connectivity index (χ4v) is 8.44. The molecule has 1 unspecified atom stereocenters. The second-order valence-corrected chi connectivity index (χ2v) is 10.9. The van der Waals surface area contributed by atoms with Gasteiger partial charge >= 0.3 is 0 Å². The molecule has 1 atom stereocenters. The summed E-state index contributed by atoms with van der Waals surface area (Å²) in [7, 11) is -1.86. The van der Waals surface area contributed by atoms with E-state index in [1.54, 1.807) is 0 Å². The lowest BCUT2D eigenvalue weighted by Crippen LogP contribution is -2.50. The van der Waals surface area contributed by atoms with Crippen molar-refractivity contribution in [1.29, 1.82) is 0 Å². The molecule has 0 aromatic carbocycles. The zero-order chi connectivity index (χ0) is 12.9. The first-order valence-electron chi connectivity index (χ1n) is 6.45. The molecule has 0 heterocycles. The Labute approximate surface area is 102 Å². The summed E-state index contributed by atoms with van der Waals surface area (Å²) in [6, 6.07) is 0. The first kappa shape index (κ1) is 15.8. The van der Waals surface area contributed by atoms with Crippen LogP contribution in [0.25, 0.3) is 0 Å². The molecule has 0 saturated carbocycles. The molecule has 0 aromatic rings. The Balaban J connectivity index is 5.11. The van der Waals surface area contributed by atoms with E-state index in [0.717, 1.165) is 12.7 Å². The zero-order valence-electron chi connectivity index (χ0n) is 11.9. The van der Waals surface area contributed by atoms with Crippen LogP contribution in [-0.4, -0.2) is 20.7 Å². The van der Waals surface area contributed by atoms with Gasteiger partial charge in [-0.15, -0.1) is 0 Å². The Morgan fingerprint density at radius 3 is 1.56 bits per heavy atom. The first-order chi connectivity index (χ1) is 7.32. The van der Waals surface area contributed by atoms with Crippen LogP contribution in [0.5, 0.6) is 0 Å². The lowest BCUT2D eigenvalue weighted by atomic mass is 10.3.